The van der Waals surface area contributed by atoms with Crippen LogP contribution in [0, 0.1) is 34.6 Å². The molecule has 9 nitrogen and oxygen atoms in total. The van der Waals surface area contributed by atoms with Gasteiger partial charge in [0, 0.05) is 29.4 Å². The Morgan fingerprint density at radius 3 is 2.34 bits per heavy atom. The highest BCUT2D eigenvalue weighted by Crippen LogP contribution is 2.30. The summed E-state index contributed by atoms with van der Waals surface area (Å²) in [5.74, 6) is -5.50. The molecule has 0 aliphatic heterocycles. The van der Waals surface area contributed by atoms with Gasteiger partial charge in [0.25, 0.3) is 11.1 Å². The topological polar surface area (TPSA) is 107 Å². The van der Waals surface area contributed by atoms with Crippen molar-refractivity contribution in [2.24, 2.45) is 0 Å². The molecule has 0 unspecified atom stereocenters. The largest absolute Gasteiger partial charge is 0.337 e. The molecule has 14 heteroatoms. The fourth-order valence-electron chi connectivity index (χ4n) is 5.14. The second-order valence-electron chi connectivity index (χ2n) is 9.72. The van der Waals surface area contributed by atoms with Gasteiger partial charge in [-0.3, -0.25) is 18.6 Å². The number of aromatic nitrogens is 5. The molecule has 0 N–H and O–H groups in total. The average molecular weight is 621 g/mol. The summed E-state index contributed by atoms with van der Waals surface area (Å²) in [7, 11) is 0. The van der Waals surface area contributed by atoms with E-state index in [9.17, 15) is 37.2 Å². The summed E-state index contributed by atoms with van der Waals surface area (Å²) in [6.45, 7) is 1.07. The van der Waals surface area contributed by atoms with Crippen LogP contribution in [0.1, 0.15) is 18.1 Å². The van der Waals surface area contributed by atoms with Gasteiger partial charge < -0.3 is 4.57 Å². The predicted octanol–water partition coefficient (Wildman–Crippen LogP) is 4.78. The first-order chi connectivity index (χ1) is 21.0. The van der Waals surface area contributed by atoms with Crippen LogP contribution in [0.25, 0.3) is 33.6 Å². The fourth-order valence-corrected chi connectivity index (χ4v) is 5.36. The highest BCUT2D eigenvalue weighted by Gasteiger charge is 2.24. The van der Waals surface area contributed by atoms with E-state index in [4.69, 9.17) is 11.6 Å². The summed E-state index contributed by atoms with van der Waals surface area (Å²) < 4.78 is 60.1. The lowest BCUT2D eigenvalue weighted by Crippen LogP contribution is -2.42. The Balaban J connectivity index is 1.76. The summed E-state index contributed by atoms with van der Waals surface area (Å²) in [5.41, 5.74) is -2.67. The summed E-state index contributed by atoms with van der Waals surface area (Å²) >= 11 is 6.45. The van der Waals surface area contributed by atoms with Crippen LogP contribution >= 0.6 is 11.6 Å². The van der Waals surface area contributed by atoms with E-state index in [1.807, 2.05) is 6.07 Å². The minimum absolute atomic E-state index is 0.0407. The molecule has 0 atom stereocenters. The van der Waals surface area contributed by atoms with Gasteiger partial charge in [-0.05, 0) is 55.0 Å². The number of pyridine rings is 2. The lowest BCUT2D eigenvalue weighted by Gasteiger charge is -2.18. The van der Waals surface area contributed by atoms with Crippen molar-refractivity contribution in [1.29, 1.82) is 5.26 Å². The smallest absolute Gasteiger partial charge is 0.308 e. The molecule has 2 aromatic carbocycles. The first kappa shape index (κ1) is 28.6. The number of halogens is 5. The lowest BCUT2D eigenvalue weighted by molar-refractivity contribution is 0.444. The molecule has 0 radical (unpaired) electrons. The number of fused-ring (bicyclic) bond motifs is 2. The van der Waals surface area contributed by atoms with E-state index in [1.165, 1.54) is 39.4 Å². The normalized spacial score (nSPS) is 11.4. The van der Waals surface area contributed by atoms with Crippen LogP contribution in [0.5, 0.6) is 0 Å². The number of hydrogen-bond acceptors (Lipinski definition) is 5. The maximum absolute atomic E-state index is 14.2. The maximum Gasteiger partial charge on any atom is 0.337 e. The standard InChI is InChI=1S/C30H17ClF4N6O3/c1-2-38-22(18-7-15(12-36)3-4-19(18)31)11-23-26(28(38)42)29(43)41(25-13-37-24-10-17(32)5-6-39(24)25)30(44)40(23)14-16-8-20(33)27(35)21(34)9-16/h3-11,13H,2,14H2,1H3. The third-order valence-corrected chi connectivity index (χ3v) is 7.50. The third-order valence-electron chi connectivity index (χ3n) is 7.17. The third kappa shape index (κ3) is 4.47. The Morgan fingerprint density at radius 2 is 1.66 bits per heavy atom. The van der Waals surface area contributed by atoms with Crippen LogP contribution in [0.3, 0.4) is 0 Å². The molecule has 220 valence electrons. The first-order valence-corrected chi connectivity index (χ1v) is 13.3. The Kier molecular flexibility index (Phi) is 6.94. The predicted molar refractivity (Wildman–Crippen MR) is 153 cm³/mol. The second-order valence-corrected chi connectivity index (χ2v) is 10.1. The monoisotopic (exact) mass is 620 g/mol. The van der Waals surface area contributed by atoms with Gasteiger partial charge in [0.2, 0.25) is 0 Å². The summed E-state index contributed by atoms with van der Waals surface area (Å²) in [6.07, 6.45) is 2.36. The molecule has 0 bridgehead atoms. The minimum atomic E-state index is -1.71. The van der Waals surface area contributed by atoms with E-state index >= 15 is 0 Å². The molecule has 44 heavy (non-hydrogen) atoms. The number of rotatable bonds is 5. The van der Waals surface area contributed by atoms with Crippen molar-refractivity contribution >= 4 is 28.2 Å². The Hall–Kier alpha value is -5.48. The van der Waals surface area contributed by atoms with E-state index in [0.29, 0.717) is 16.7 Å². The molecule has 0 saturated carbocycles. The van der Waals surface area contributed by atoms with Crippen LogP contribution in [-0.2, 0) is 13.1 Å². The van der Waals surface area contributed by atoms with Gasteiger partial charge >= 0.3 is 5.69 Å². The molecule has 0 spiro atoms. The van der Waals surface area contributed by atoms with Gasteiger partial charge in [0.1, 0.15) is 22.7 Å². The van der Waals surface area contributed by atoms with Crippen molar-refractivity contribution in [3.8, 4) is 23.1 Å². The van der Waals surface area contributed by atoms with E-state index in [2.05, 4.69) is 4.98 Å². The zero-order valence-corrected chi connectivity index (χ0v) is 23.2. The van der Waals surface area contributed by atoms with Crippen molar-refractivity contribution in [2.75, 3.05) is 0 Å². The van der Waals surface area contributed by atoms with Gasteiger partial charge in [0.15, 0.2) is 17.5 Å². The maximum atomic E-state index is 14.2. The molecule has 0 aliphatic rings. The van der Waals surface area contributed by atoms with Gasteiger partial charge in [0.05, 0.1) is 35.6 Å². The Labute approximate surface area is 248 Å². The fraction of sp³-hybridized carbons (Fsp3) is 0.100. The van der Waals surface area contributed by atoms with Gasteiger partial charge in [-0.2, -0.15) is 5.26 Å². The molecular weight excluding hydrogens is 604 g/mol. The van der Waals surface area contributed by atoms with Crippen LogP contribution in [0.15, 0.2) is 75.3 Å². The Morgan fingerprint density at radius 1 is 0.932 bits per heavy atom. The van der Waals surface area contributed by atoms with E-state index in [1.54, 1.807) is 6.92 Å². The Bertz CT molecular complexity index is 2380. The van der Waals surface area contributed by atoms with Crippen molar-refractivity contribution < 1.29 is 17.6 Å². The summed E-state index contributed by atoms with van der Waals surface area (Å²) in [6, 6.07) is 11.2. The molecule has 6 rings (SSSR count). The van der Waals surface area contributed by atoms with Crippen LogP contribution in [0.2, 0.25) is 5.02 Å². The SMILES string of the molecule is CCn1c(-c2cc(C#N)ccc2Cl)cc2c(c1=O)c(=O)n(-c1cnc3cc(F)ccn13)c(=O)n2Cc1cc(F)c(F)c(F)c1. The zero-order valence-electron chi connectivity index (χ0n) is 22.5. The molecule has 4 aromatic heterocycles. The van der Waals surface area contributed by atoms with Crippen molar-refractivity contribution in [3.05, 3.63) is 132 Å². The molecule has 4 heterocycles. The molecule has 0 amide bonds. The van der Waals surface area contributed by atoms with E-state index in [-0.39, 0.29) is 50.9 Å². The van der Waals surface area contributed by atoms with Gasteiger partial charge in [-0.25, -0.2) is 31.9 Å². The van der Waals surface area contributed by atoms with Crippen LogP contribution in [0.4, 0.5) is 17.6 Å². The molecule has 0 saturated heterocycles. The number of benzene rings is 2. The zero-order chi connectivity index (χ0) is 31.4. The first-order valence-electron chi connectivity index (χ1n) is 12.9. The summed E-state index contributed by atoms with van der Waals surface area (Å²) in [5, 5.41) is 9.13. The summed E-state index contributed by atoms with van der Waals surface area (Å²) in [4.78, 5) is 46.2. The number of imidazole rings is 1. The highest BCUT2D eigenvalue weighted by atomic mass is 35.5. The van der Waals surface area contributed by atoms with E-state index in [0.717, 1.165) is 22.9 Å². The van der Waals surface area contributed by atoms with Crippen LogP contribution in [-0.4, -0.2) is 23.1 Å². The molecule has 6 aromatic rings. The lowest BCUT2D eigenvalue weighted by atomic mass is 10.1. The minimum Gasteiger partial charge on any atom is -0.308 e. The molecule has 0 fully saturated rings. The van der Waals surface area contributed by atoms with Crippen molar-refractivity contribution in [3.63, 3.8) is 0 Å². The van der Waals surface area contributed by atoms with E-state index < -0.39 is 52.0 Å². The number of nitrogens with zero attached hydrogens (tertiary/aromatic N) is 6. The quantitative estimate of drug-likeness (QED) is 0.204. The van der Waals surface area contributed by atoms with Crippen molar-refractivity contribution in [1.82, 2.24) is 23.1 Å². The van der Waals surface area contributed by atoms with Gasteiger partial charge in [-0.15, -0.1) is 0 Å². The number of nitriles is 1. The van der Waals surface area contributed by atoms with Crippen molar-refractivity contribution in [2.45, 2.75) is 20.0 Å². The highest BCUT2D eigenvalue weighted by molar-refractivity contribution is 6.33. The average Bonchev–Trinajstić information content (AvgIpc) is 3.40. The van der Waals surface area contributed by atoms with Gasteiger partial charge in [-0.1, -0.05) is 11.6 Å². The molecular formula is C30H17ClF4N6O3. The number of hydrogen-bond donors (Lipinski definition) is 0. The molecule has 0 aliphatic carbocycles. The second kappa shape index (κ2) is 10.7. The van der Waals surface area contributed by atoms with Crippen LogP contribution < -0.4 is 16.8 Å².